The molecule has 0 aromatic rings. The van der Waals surface area contributed by atoms with Crippen molar-refractivity contribution < 1.29 is 19.8 Å². The lowest BCUT2D eigenvalue weighted by Crippen LogP contribution is -2.18. The summed E-state index contributed by atoms with van der Waals surface area (Å²) in [5.74, 6) is -2.39. The van der Waals surface area contributed by atoms with Crippen molar-refractivity contribution in [1.29, 1.82) is 0 Å². The van der Waals surface area contributed by atoms with Crippen molar-refractivity contribution in [2.24, 2.45) is 0 Å². The molecule has 78 valence electrons. The minimum atomic E-state index is -1.19. The van der Waals surface area contributed by atoms with Crippen molar-refractivity contribution in [2.75, 3.05) is 0 Å². The highest BCUT2D eigenvalue weighted by molar-refractivity contribution is 5.77. The first-order valence-electron chi connectivity index (χ1n) is 4.38. The van der Waals surface area contributed by atoms with Gasteiger partial charge >= 0.3 is 0 Å². The molecule has 0 N–H and O–H groups in total. The standard InChI is InChI=1S/C10H14O4/c11-9(12)7-5-3-1-2-4-6-8-10(13)14/h5-8H,1-4H2,(H,11,12)(H,13,14)/p-2/b7-5+,8-6+. The van der Waals surface area contributed by atoms with Gasteiger partial charge in [0.1, 0.15) is 0 Å². The van der Waals surface area contributed by atoms with Crippen LogP contribution in [0.2, 0.25) is 0 Å². The van der Waals surface area contributed by atoms with E-state index in [-0.39, 0.29) is 0 Å². The highest BCUT2D eigenvalue weighted by Gasteiger charge is 1.83. The van der Waals surface area contributed by atoms with E-state index < -0.39 is 11.9 Å². The quantitative estimate of drug-likeness (QED) is 0.392. The fraction of sp³-hybridized carbons (Fsp3) is 0.400. The van der Waals surface area contributed by atoms with E-state index in [4.69, 9.17) is 0 Å². The summed E-state index contributed by atoms with van der Waals surface area (Å²) in [5, 5.41) is 19.9. The predicted molar refractivity (Wildman–Crippen MR) is 46.8 cm³/mol. The molecule has 0 aliphatic heterocycles. The number of rotatable bonds is 7. The van der Waals surface area contributed by atoms with E-state index in [2.05, 4.69) is 0 Å². The minimum Gasteiger partial charge on any atom is -0.545 e. The average molecular weight is 196 g/mol. The summed E-state index contributed by atoms with van der Waals surface area (Å²) in [6.45, 7) is 0. The molecule has 0 saturated heterocycles. The third-order valence-electron chi connectivity index (χ3n) is 1.50. The normalized spacial score (nSPS) is 11.1. The maximum Gasteiger partial charge on any atom is 0.0639 e. The van der Waals surface area contributed by atoms with Crippen LogP contribution in [0.5, 0.6) is 0 Å². The van der Waals surface area contributed by atoms with Gasteiger partial charge in [0.25, 0.3) is 0 Å². The zero-order valence-corrected chi connectivity index (χ0v) is 7.77. The number of allylic oxidation sites excluding steroid dienone is 2. The number of aliphatic carboxylic acids is 2. The molecule has 4 heteroatoms. The second-order valence-electron chi connectivity index (χ2n) is 2.73. The SMILES string of the molecule is O=C([O-])/C=C/CCCC/C=C/C(=O)[O-]. The Morgan fingerprint density at radius 1 is 0.857 bits per heavy atom. The van der Waals surface area contributed by atoms with Crippen molar-refractivity contribution >= 4 is 11.9 Å². The Kier molecular flexibility index (Phi) is 7.13. The number of carboxylic acids is 2. The van der Waals surface area contributed by atoms with Crippen LogP contribution in [-0.4, -0.2) is 11.9 Å². The van der Waals surface area contributed by atoms with Gasteiger partial charge in [-0.05, 0) is 37.8 Å². The van der Waals surface area contributed by atoms with E-state index in [9.17, 15) is 19.8 Å². The molecule has 0 aliphatic rings. The Bertz CT molecular complexity index is 215. The summed E-state index contributed by atoms with van der Waals surface area (Å²) in [4.78, 5) is 19.9. The van der Waals surface area contributed by atoms with Crippen LogP contribution in [-0.2, 0) is 9.59 Å². The first-order valence-corrected chi connectivity index (χ1v) is 4.38. The number of hydrogen-bond acceptors (Lipinski definition) is 4. The molecule has 0 radical (unpaired) electrons. The van der Waals surface area contributed by atoms with E-state index >= 15 is 0 Å². The van der Waals surface area contributed by atoms with Gasteiger partial charge in [-0.3, -0.25) is 0 Å². The number of unbranched alkanes of at least 4 members (excludes halogenated alkanes) is 3. The van der Waals surface area contributed by atoms with Gasteiger partial charge in [0, 0.05) is 0 Å². The molecule has 0 heterocycles. The summed E-state index contributed by atoms with van der Waals surface area (Å²) >= 11 is 0. The molecule has 0 bridgehead atoms. The summed E-state index contributed by atoms with van der Waals surface area (Å²) < 4.78 is 0. The van der Waals surface area contributed by atoms with Crippen LogP contribution in [0, 0.1) is 0 Å². The largest absolute Gasteiger partial charge is 0.545 e. The third-order valence-corrected chi connectivity index (χ3v) is 1.50. The Morgan fingerprint density at radius 3 is 1.50 bits per heavy atom. The fourth-order valence-electron chi connectivity index (χ4n) is 0.883. The summed E-state index contributed by atoms with van der Waals surface area (Å²) in [6.07, 6.45) is 8.01. The number of carbonyl (C=O) groups excluding carboxylic acids is 2. The third kappa shape index (κ3) is 10.4. The van der Waals surface area contributed by atoms with E-state index in [1.54, 1.807) is 0 Å². The molecule has 0 unspecified atom stereocenters. The topological polar surface area (TPSA) is 80.3 Å². The van der Waals surface area contributed by atoms with Crippen LogP contribution in [0.1, 0.15) is 25.7 Å². The highest BCUT2D eigenvalue weighted by atomic mass is 16.4. The second kappa shape index (κ2) is 8.04. The maximum atomic E-state index is 9.93. The molecule has 0 aromatic carbocycles. The second-order valence-corrected chi connectivity index (χ2v) is 2.73. The molecule has 0 spiro atoms. The Labute approximate surface area is 82.6 Å². The average Bonchev–Trinajstić information content (AvgIpc) is 2.08. The lowest BCUT2D eigenvalue weighted by Gasteiger charge is -1.94. The lowest BCUT2D eigenvalue weighted by atomic mass is 10.2. The molecule has 0 rings (SSSR count). The minimum absolute atomic E-state index is 0.660. The van der Waals surface area contributed by atoms with Crippen LogP contribution in [0.15, 0.2) is 24.3 Å². The molecule has 0 atom stereocenters. The van der Waals surface area contributed by atoms with Crippen molar-refractivity contribution in [2.45, 2.75) is 25.7 Å². The molecule has 0 fully saturated rings. The molecule has 0 aromatic heterocycles. The lowest BCUT2D eigenvalue weighted by molar-refractivity contribution is -0.298. The van der Waals surface area contributed by atoms with Crippen LogP contribution in [0.3, 0.4) is 0 Å². The molecule has 0 amide bonds. The van der Waals surface area contributed by atoms with E-state index in [1.807, 2.05) is 0 Å². The van der Waals surface area contributed by atoms with E-state index in [1.165, 1.54) is 12.2 Å². The molecule has 14 heavy (non-hydrogen) atoms. The predicted octanol–water partition coefficient (Wildman–Crippen LogP) is -0.841. The van der Waals surface area contributed by atoms with Gasteiger partial charge < -0.3 is 19.8 Å². The molecular weight excluding hydrogens is 184 g/mol. The van der Waals surface area contributed by atoms with Gasteiger partial charge in [-0.2, -0.15) is 0 Å². The van der Waals surface area contributed by atoms with Gasteiger partial charge in [-0.25, -0.2) is 0 Å². The van der Waals surface area contributed by atoms with Crippen LogP contribution in [0.4, 0.5) is 0 Å². The number of carboxylic acid groups (broad SMARTS) is 2. The van der Waals surface area contributed by atoms with Crippen LogP contribution in [0.25, 0.3) is 0 Å². The Hall–Kier alpha value is -1.58. The monoisotopic (exact) mass is 196 g/mol. The Morgan fingerprint density at radius 2 is 1.21 bits per heavy atom. The number of hydrogen-bond donors (Lipinski definition) is 0. The summed E-state index contributed by atoms with van der Waals surface area (Å²) in [7, 11) is 0. The maximum absolute atomic E-state index is 9.93. The molecular formula is C10H12O4-2. The first-order chi connectivity index (χ1) is 6.63. The van der Waals surface area contributed by atoms with Gasteiger partial charge in [0.2, 0.25) is 0 Å². The van der Waals surface area contributed by atoms with Crippen molar-refractivity contribution in [3.05, 3.63) is 24.3 Å². The molecule has 0 saturated carbocycles. The van der Waals surface area contributed by atoms with Gasteiger partial charge in [-0.15, -0.1) is 0 Å². The van der Waals surface area contributed by atoms with Crippen molar-refractivity contribution in [1.82, 2.24) is 0 Å². The first kappa shape index (κ1) is 12.4. The zero-order chi connectivity index (χ0) is 10.8. The summed E-state index contributed by atoms with van der Waals surface area (Å²) in [5.41, 5.74) is 0. The molecule has 4 nitrogen and oxygen atoms in total. The van der Waals surface area contributed by atoms with Gasteiger partial charge in [0.15, 0.2) is 0 Å². The van der Waals surface area contributed by atoms with Crippen molar-refractivity contribution in [3.63, 3.8) is 0 Å². The fourth-order valence-corrected chi connectivity index (χ4v) is 0.883. The van der Waals surface area contributed by atoms with E-state index in [0.717, 1.165) is 25.0 Å². The smallest absolute Gasteiger partial charge is 0.0639 e. The van der Waals surface area contributed by atoms with Crippen molar-refractivity contribution in [3.8, 4) is 0 Å². The summed E-state index contributed by atoms with van der Waals surface area (Å²) in [6, 6.07) is 0. The highest BCUT2D eigenvalue weighted by Crippen LogP contribution is 2.01. The zero-order valence-electron chi connectivity index (χ0n) is 7.77. The number of carbonyl (C=O) groups is 2. The molecule has 0 aliphatic carbocycles. The Balaban J connectivity index is 3.30. The van der Waals surface area contributed by atoms with Crippen LogP contribution >= 0.6 is 0 Å². The van der Waals surface area contributed by atoms with E-state index in [0.29, 0.717) is 12.8 Å². The van der Waals surface area contributed by atoms with Gasteiger partial charge in [-0.1, -0.05) is 12.2 Å². The van der Waals surface area contributed by atoms with Gasteiger partial charge in [0.05, 0.1) is 11.9 Å². The van der Waals surface area contributed by atoms with Crippen LogP contribution < -0.4 is 10.2 Å².